The molecule has 0 atom stereocenters. The minimum Gasteiger partial charge on any atom is -0.380 e. The molecule has 0 aromatic carbocycles. The number of rotatable bonds is 2. The standard InChI is InChI=1S/C10H13ClN2O3S/c11-9-2-3-12-8-10(9)17(14,15)13-4-1-6-16-7-5-13/h2-3,8H,1,4-7H2. The molecule has 1 aromatic rings. The average Bonchev–Trinajstić information content (AvgIpc) is 2.58. The van der Waals surface area contributed by atoms with Gasteiger partial charge in [0, 0.05) is 32.1 Å². The fraction of sp³-hybridized carbons (Fsp3) is 0.500. The Bertz CT molecular complexity index is 484. The van der Waals surface area contributed by atoms with Gasteiger partial charge in [0.25, 0.3) is 0 Å². The van der Waals surface area contributed by atoms with Crippen LogP contribution in [-0.4, -0.2) is 44.0 Å². The molecule has 2 rings (SSSR count). The van der Waals surface area contributed by atoms with Crippen LogP contribution in [0.25, 0.3) is 0 Å². The van der Waals surface area contributed by atoms with Gasteiger partial charge in [-0.2, -0.15) is 4.31 Å². The van der Waals surface area contributed by atoms with Crippen molar-refractivity contribution in [2.75, 3.05) is 26.3 Å². The first kappa shape index (κ1) is 12.8. The first-order valence-electron chi connectivity index (χ1n) is 5.30. The Kier molecular flexibility index (Phi) is 3.98. The van der Waals surface area contributed by atoms with E-state index in [4.69, 9.17) is 16.3 Å². The molecule has 0 spiro atoms. The highest BCUT2D eigenvalue weighted by Crippen LogP contribution is 2.23. The minimum atomic E-state index is -3.56. The van der Waals surface area contributed by atoms with E-state index in [2.05, 4.69) is 4.98 Å². The minimum absolute atomic E-state index is 0.0589. The molecule has 17 heavy (non-hydrogen) atoms. The van der Waals surface area contributed by atoms with Crippen molar-refractivity contribution < 1.29 is 13.2 Å². The number of ether oxygens (including phenoxy) is 1. The molecule has 2 heterocycles. The molecule has 0 radical (unpaired) electrons. The Hall–Kier alpha value is -0.690. The zero-order valence-electron chi connectivity index (χ0n) is 9.17. The van der Waals surface area contributed by atoms with Crippen LogP contribution in [0.5, 0.6) is 0 Å². The maximum atomic E-state index is 12.3. The van der Waals surface area contributed by atoms with Crippen LogP contribution in [0.3, 0.4) is 0 Å². The molecular formula is C10H13ClN2O3S. The van der Waals surface area contributed by atoms with Crippen molar-refractivity contribution in [3.05, 3.63) is 23.5 Å². The second-order valence-corrected chi connectivity index (χ2v) is 5.99. The van der Waals surface area contributed by atoms with Crippen LogP contribution in [0.15, 0.2) is 23.4 Å². The van der Waals surface area contributed by atoms with Crippen LogP contribution >= 0.6 is 11.6 Å². The van der Waals surface area contributed by atoms with Crippen LogP contribution in [0.2, 0.25) is 5.02 Å². The fourth-order valence-corrected chi connectivity index (χ4v) is 3.52. The van der Waals surface area contributed by atoms with Crippen LogP contribution in [0.1, 0.15) is 6.42 Å². The molecule has 0 amide bonds. The molecule has 5 nitrogen and oxygen atoms in total. The van der Waals surface area contributed by atoms with E-state index >= 15 is 0 Å². The largest absolute Gasteiger partial charge is 0.380 e. The predicted octanol–water partition coefficient (Wildman–Crippen LogP) is 1.15. The summed E-state index contributed by atoms with van der Waals surface area (Å²) in [5, 5.41) is 0.199. The van der Waals surface area contributed by atoms with Crippen LogP contribution in [0, 0.1) is 0 Å². The Labute approximate surface area is 105 Å². The van der Waals surface area contributed by atoms with Gasteiger partial charge in [0.2, 0.25) is 10.0 Å². The molecule has 94 valence electrons. The summed E-state index contributed by atoms with van der Waals surface area (Å²) in [6.45, 7) is 1.81. The summed E-state index contributed by atoms with van der Waals surface area (Å²) in [7, 11) is -3.56. The summed E-state index contributed by atoms with van der Waals surface area (Å²) in [5.74, 6) is 0. The van der Waals surface area contributed by atoms with Crippen molar-refractivity contribution in [1.29, 1.82) is 0 Å². The van der Waals surface area contributed by atoms with Gasteiger partial charge in [0.05, 0.1) is 11.6 Å². The number of hydrogen-bond acceptors (Lipinski definition) is 4. The molecule has 0 bridgehead atoms. The monoisotopic (exact) mass is 276 g/mol. The van der Waals surface area contributed by atoms with Crippen LogP contribution in [0.4, 0.5) is 0 Å². The summed E-state index contributed by atoms with van der Waals surface area (Å²) >= 11 is 5.89. The van der Waals surface area contributed by atoms with Gasteiger partial charge in [0.1, 0.15) is 4.90 Å². The van der Waals surface area contributed by atoms with Crippen molar-refractivity contribution in [2.45, 2.75) is 11.3 Å². The van der Waals surface area contributed by atoms with Gasteiger partial charge in [-0.1, -0.05) is 11.6 Å². The van der Waals surface area contributed by atoms with E-state index in [1.807, 2.05) is 0 Å². The third-order valence-corrected chi connectivity index (χ3v) is 4.90. The van der Waals surface area contributed by atoms with E-state index in [-0.39, 0.29) is 9.92 Å². The first-order valence-corrected chi connectivity index (χ1v) is 7.11. The van der Waals surface area contributed by atoms with Gasteiger partial charge in [-0.05, 0) is 12.5 Å². The smallest absolute Gasteiger partial charge is 0.246 e. The highest BCUT2D eigenvalue weighted by molar-refractivity contribution is 7.89. The number of aromatic nitrogens is 1. The van der Waals surface area contributed by atoms with Crippen LogP contribution in [-0.2, 0) is 14.8 Å². The van der Waals surface area contributed by atoms with E-state index in [1.54, 1.807) is 0 Å². The van der Waals surface area contributed by atoms with E-state index in [1.165, 1.54) is 22.8 Å². The topological polar surface area (TPSA) is 59.5 Å². The number of pyridine rings is 1. The van der Waals surface area contributed by atoms with E-state index in [0.717, 1.165) is 0 Å². The van der Waals surface area contributed by atoms with Crippen molar-refractivity contribution in [3.8, 4) is 0 Å². The van der Waals surface area contributed by atoms with Gasteiger partial charge in [-0.25, -0.2) is 8.42 Å². The maximum absolute atomic E-state index is 12.3. The number of sulfonamides is 1. The van der Waals surface area contributed by atoms with Crippen LogP contribution < -0.4 is 0 Å². The number of halogens is 1. The third-order valence-electron chi connectivity index (χ3n) is 2.53. The lowest BCUT2D eigenvalue weighted by molar-refractivity contribution is 0.148. The van der Waals surface area contributed by atoms with Gasteiger partial charge >= 0.3 is 0 Å². The number of hydrogen-bond donors (Lipinski definition) is 0. The van der Waals surface area contributed by atoms with Crippen molar-refractivity contribution in [1.82, 2.24) is 9.29 Å². The van der Waals surface area contributed by atoms with Gasteiger partial charge < -0.3 is 4.74 Å². The van der Waals surface area contributed by atoms with Gasteiger partial charge in [0.15, 0.2) is 0 Å². The lowest BCUT2D eigenvalue weighted by atomic mass is 10.5. The number of nitrogens with zero attached hydrogens (tertiary/aromatic N) is 2. The van der Waals surface area contributed by atoms with Crippen molar-refractivity contribution >= 4 is 21.6 Å². The average molecular weight is 277 g/mol. The summed E-state index contributed by atoms with van der Waals surface area (Å²) < 4.78 is 31.2. The summed E-state index contributed by atoms with van der Waals surface area (Å²) in [5.41, 5.74) is 0. The molecule has 0 saturated carbocycles. The molecule has 0 N–H and O–H groups in total. The summed E-state index contributed by atoms with van der Waals surface area (Å²) in [4.78, 5) is 3.87. The first-order chi connectivity index (χ1) is 8.12. The zero-order valence-corrected chi connectivity index (χ0v) is 10.7. The molecule has 1 aliphatic heterocycles. The Balaban J connectivity index is 2.32. The molecule has 1 fully saturated rings. The van der Waals surface area contributed by atoms with Gasteiger partial charge in [-0.3, -0.25) is 4.98 Å². The molecule has 1 aromatic heterocycles. The second kappa shape index (κ2) is 5.30. The van der Waals surface area contributed by atoms with Crippen molar-refractivity contribution in [2.24, 2.45) is 0 Å². The second-order valence-electron chi connectivity index (χ2n) is 3.68. The van der Waals surface area contributed by atoms with E-state index < -0.39 is 10.0 Å². The van der Waals surface area contributed by atoms with E-state index in [9.17, 15) is 8.42 Å². The highest BCUT2D eigenvalue weighted by atomic mass is 35.5. The fourth-order valence-electron chi connectivity index (χ4n) is 1.66. The molecule has 0 aliphatic carbocycles. The molecular weight excluding hydrogens is 264 g/mol. The highest BCUT2D eigenvalue weighted by Gasteiger charge is 2.27. The SMILES string of the molecule is O=S(=O)(c1cnccc1Cl)N1CCCOCC1. The summed E-state index contributed by atoms with van der Waals surface area (Å²) in [6, 6.07) is 1.47. The molecule has 0 unspecified atom stereocenters. The quantitative estimate of drug-likeness (QED) is 0.813. The van der Waals surface area contributed by atoms with Crippen molar-refractivity contribution in [3.63, 3.8) is 0 Å². The third kappa shape index (κ3) is 2.77. The summed E-state index contributed by atoms with van der Waals surface area (Å²) in [6.07, 6.45) is 3.44. The normalized spacial score (nSPS) is 18.9. The lowest BCUT2D eigenvalue weighted by Gasteiger charge is -2.19. The molecule has 7 heteroatoms. The predicted molar refractivity (Wildman–Crippen MR) is 63.4 cm³/mol. The van der Waals surface area contributed by atoms with Gasteiger partial charge in [-0.15, -0.1) is 0 Å². The Morgan fingerprint density at radius 1 is 1.35 bits per heavy atom. The zero-order chi connectivity index (χ0) is 12.3. The van der Waals surface area contributed by atoms with E-state index in [0.29, 0.717) is 32.7 Å². The molecule has 1 aliphatic rings. The Morgan fingerprint density at radius 3 is 2.94 bits per heavy atom. The lowest BCUT2D eigenvalue weighted by Crippen LogP contribution is -2.33. The maximum Gasteiger partial charge on any atom is 0.246 e. The molecule has 1 saturated heterocycles. The Morgan fingerprint density at radius 2 is 2.18 bits per heavy atom.